The summed E-state index contributed by atoms with van der Waals surface area (Å²) in [5.74, 6) is 1.02. The highest BCUT2D eigenvalue weighted by Gasteiger charge is 2.40. The molecule has 2 aliphatic rings. The first-order valence-electron chi connectivity index (χ1n) is 7.75. The number of thiophene rings is 1. The van der Waals surface area contributed by atoms with Gasteiger partial charge in [-0.05, 0) is 50.8 Å². The third-order valence-corrected chi connectivity index (χ3v) is 5.81. The van der Waals surface area contributed by atoms with E-state index in [4.69, 9.17) is 4.74 Å². The van der Waals surface area contributed by atoms with Gasteiger partial charge in [0.15, 0.2) is 0 Å². The Morgan fingerprint density at radius 3 is 3.00 bits per heavy atom. The van der Waals surface area contributed by atoms with Gasteiger partial charge in [-0.3, -0.25) is 0 Å². The van der Waals surface area contributed by atoms with Gasteiger partial charge in [0.05, 0.1) is 6.04 Å². The van der Waals surface area contributed by atoms with E-state index in [1.807, 2.05) is 17.4 Å². The van der Waals surface area contributed by atoms with E-state index in [0.717, 1.165) is 12.3 Å². The SMILES string of the molecule is CC1(C)Oc2ccccc2C1NCc1cc2c(s1)CCC2. The van der Waals surface area contributed by atoms with Gasteiger partial charge in [-0.25, -0.2) is 0 Å². The van der Waals surface area contributed by atoms with E-state index in [0.29, 0.717) is 0 Å². The normalized spacial score (nSPS) is 21.9. The van der Waals surface area contributed by atoms with Crippen molar-refractivity contribution in [3.05, 3.63) is 51.2 Å². The summed E-state index contributed by atoms with van der Waals surface area (Å²) >= 11 is 1.98. The molecule has 3 heteroatoms. The molecule has 1 aromatic heterocycles. The summed E-state index contributed by atoms with van der Waals surface area (Å²) in [4.78, 5) is 3.06. The van der Waals surface area contributed by atoms with E-state index in [2.05, 4.69) is 43.4 Å². The minimum atomic E-state index is -0.191. The van der Waals surface area contributed by atoms with Crippen LogP contribution in [0.1, 0.15) is 47.2 Å². The van der Waals surface area contributed by atoms with E-state index in [1.54, 1.807) is 10.4 Å². The number of hydrogen-bond acceptors (Lipinski definition) is 3. The van der Waals surface area contributed by atoms with Gasteiger partial charge in [-0.1, -0.05) is 18.2 Å². The summed E-state index contributed by atoms with van der Waals surface area (Å²) in [5, 5.41) is 3.72. The van der Waals surface area contributed by atoms with Crippen molar-refractivity contribution < 1.29 is 4.74 Å². The molecule has 0 saturated heterocycles. The average molecular weight is 299 g/mol. The largest absolute Gasteiger partial charge is 0.486 e. The predicted octanol–water partition coefficient (Wildman–Crippen LogP) is 4.24. The van der Waals surface area contributed by atoms with Crippen LogP contribution in [0.5, 0.6) is 5.75 Å². The first-order chi connectivity index (χ1) is 10.1. The summed E-state index contributed by atoms with van der Waals surface area (Å²) in [6.07, 6.45) is 3.89. The molecule has 0 radical (unpaired) electrons. The van der Waals surface area contributed by atoms with E-state index in [1.165, 1.54) is 29.7 Å². The van der Waals surface area contributed by atoms with Gasteiger partial charge in [-0.2, -0.15) is 0 Å². The van der Waals surface area contributed by atoms with Crippen molar-refractivity contribution in [3.63, 3.8) is 0 Å². The Hall–Kier alpha value is -1.32. The lowest BCUT2D eigenvalue weighted by Crippen LogP contribution is -2.38. The topological polar surface area (TPSA) is 21.3 Å². The molecule has 2 nitrogen and oxygen atoms in total. The van der Waals surface area contributed by atoms with Crippen LogP contribution in [0.15, 0.2) is 30.3 Å². The maximum Gasteiger partial charge on any atom is 0.125 e. The Bertz CT molecular complexity index is 652. The maximum atomic E-state index is 6.10. The van der Waals surface area contributed by atoms with Gasteiger partial charge in [-0.15, -0.1) is 11.3 Å². The van der Waals surface area contributed by atoms with Gasteiger partial charge in [0.1, 0.15) is 11.4 Å². The molecule has 21 heavy (non-hydrogen) atoms. The molecular weight excluding hydrogens is 278 g/mol. The smallest absolute Gasteiger partial charge is 0.125 e. The fraction of sp³-hybridized carbons (Fsp3) is 0.444. The molecular formula is C18H21NOS. The van der Waals surface area contributed by atoms with Gasteiger partial charge < -0.3 is 10.1 Å². The Kier molecular flexibility index (Phi) is 3.09. The molecule has 2 aromatic rings. The van der Waals surface area contributed by atoms with E-state index in [9.17, 15) is 0 Å². The number of nitrogens with one attached hydrogen (secondary N) is 1. The molecule has 1 unspecified atom stereocenters. The number of benzene rings is 1. The molecule has 4 rings (SSSR count). The fourth-order valence-electron chi connectivity index (χ4n) is 3.56. The highest BCUT2D eigenvalue weighted by molar-refractivity contribution is 7.12. The Morgan fingerprint density at radius 1 is 1.29 bits per heavy atom. The van der Waals surface area contributed by atoms with Gasteiger partial charge >= 0.3 is 0 Å². The lowest BCUT2D eigenvalue weighted by molar-refractivity contribution is 0.0959. The van der Waals surface area contributed by atoms with Gasteiger partial charge in [0.2, 0.25) is 0 Å². The lowest BCUT2D eigenvalue weighted by Gasteiger charge is -2.27. The van der Waals surface area contributed by atoms with Crippen molar-refractivity contribution >= 4 is 11.3 Å². The van der Waals surface area contributed by atoms with E-state index >= 15 is 0 Å². The standard InChI is InChI=1S/C18H21NOS/c1-18(2)17(14-7-3-4-8-15(14)20-18)19-11-13-10-12-6-5-9-16(12)21-13/h3-4,7-8,10,17,19H,5-6,9,11H2,1-2H3. The number of fused-ring (bicyclic) bond motifs is 2. The third-order valence-electron chi connectivity index (χ3n) is 4.58. The zero-order valence-electron chi connectivity index (χ0n) is 12.6. The summed E-state index contributed by atoms with van der Waals surface area (Å²) in [5.41, 5.74) is 2.68. The van der Waals surface area contributed by atoms with Crippen LogP contribution in [-0.2, 0) is 19.4 Å². The summed E-state index contributed by atoms with van der Waals surface area (Å²) in [7, 11) is 0. The van der Waals surface area contributed by atoms with Crippen LogP contribution >= 0.6 is 11.3 Å². The second kappa shape index (κ2) is 4.85. The number of para-hydroxylation sites is 1. The Labute approximate surface area is 130 Å². The second-order valence-corrected chi connectivity index (χ2v) is 7.79. The van der Waals surface area contributed by atoms with E-state index < -0.39 is 0 Å². The molecule has 1 N–H and O–H groups in total. The number of hydrogen-bond donors (Lipinski definition) is 1. The van der Waals surface area contributed by atoms with Crippen LogP contribution in [0.3, 0.4) is 0 Å². The summed E-state index contributed by atoms with van der Waals surface area (Å²) < 4.78 is 6.10. The van der Waals surface area contributed by atoms with Crippen molar-refractivity contribution in [3.8, 4) is 5.75 Å². The number of ether oxygens (including phenoxy) is 1. The number of rotatable bonds is 3. The molecule has 1 aromatic carbocycles. The monoisotopic (exact) mass is 299 g/mol. The summed E-state index contributed by atoms with van der Waals surface area (Å²) in [6.45, 7) is 5.27. The van der Waals surface area contributed by atoms with Gasteiger partial charge in [0, 0.05) is 21.9 Å². The Balaban J connectivity index is 1.53. The van der Waals surface area contributed by atoms with Crippen LogP contribution in [-0.4, -0.2) is 5.60 Å². The van der Waals surface area contributed by atoms with Crippen LogP contribution in [0.2, 0.25) is 0 Å². The first kappa shape index (κ1) is 13.4. The molecule has 0 fully saturated rings. The molecule has 2 heterocycles. The second-order valence-electron chi connectivity index (χ2n) is 6.57. The van der Waals surface area contributed by atoms with Crippen LogP contribution in [0.4, 0.5) is 0 Å². The van der Waals surface area contributed by atoms with Crippen molar-refractivity contribution in [2.24, 2.45) is 0 Å². The minimum absolute atomic E-state index is 0.191. The Morgan fingerprint density at radius 2 is 2.14 bits per heavy atom. The van der Waals surface area contributed by atoms with E-state index in [-0.39, 0.29) is 11.6 Å². The molecule has 1 aliphatic carbocycles. The van der Waals surface area contributed by atoms with Crippen LogP contribution in [0.25, 0.3) is 0 Å². The highest BCUT2D eigenvalue weighted by Crippen LogP contribution is 2.43. The van der Waals surface area contributed by atoms with Crippen molar-refractivity contribution in [2.45, 2.75) is 51.3 Å². The first-order valence-corrected chi connectivity index (χ1v) is 8.57. The highest BCUT2D eigenvalue weighted by atomic mass is 32.1. The van der Waals surface area contributed by atoms with Crippen molar-refractivity contribution in [2.75, 3.05) is 0 Å². The molecule has 1 aliphatic heterocycles. The van der Waals surface area contributed by atoms with Crippen LogP contribution in [0, 0.1) is 0 Å². The third kappa shape index (κ3) is 2.29. The minimum Gasteiger partial charge on any atom is -0.486 e. The molecule has 0 bridgehead atoms. The fourth-order valence-corrected chi connectivity index (χ4v) is 4.78. The van der Waals surface area contributed by atoms with Crippen LogP contribution < -0.4 is 10.1 Å². The zero-order chi connectivity index (χ0) is 14.4. The zero-order valence-corrected chi connectivity index (χ0v) is 13.4. The number of aryl methyl sites for hydroxylation is 2. The molecule has 110 valence electrons. The molecule has 0 amide bonds. The predicted molar refractivity (Wildman–Crippen MR) is 87.1 cm³/mol. The maximum absolute atomic E-state index is 6.10. The van der Waals surface area contributed by atoms with Gasteiger partial charge in [0.25, 0.3) is 0 Å². The molecule has 0 spiro atoms. The van der Waals surface area contributed by atoms with Crippen molar-refractivity contribution in [1.29, 1.82) is 0 Å². The molecule has 1 atom stereocenters. The lowest BCUT2D eigenvalue weighted by atomic mass is 9.94. The average Bonchev–Trinajstić information content (AvgIpc) is 3.06. The molecule has 0 saturated carbocycles. The van der Waals surface area contributed by atoms with Crippen molar-refractivity contribution in [1.82, 2.24) is 5.32 Å². The quantitative estimate of drug-likeness (QED) is 0.915. The summed E-state index contributed by atoms with van der Waals surface area (Å²) in [6, 6.07) is 11.0.